The van der Waals surface area contributed by atoms with Crippen molar-refractivity contribution >= 4 is 11.7 Å². The molecule has 0 aliphatic heterocycles. The van der Waals surface area contributed by atoms with Crippen LogP contribution in [0.5, 0.6) is 0 Å². The van der Waals surface area contributed by atoms with E-state index in [4.69, 9.17) is 10.00 Å². The van der Waals surface area contributed by atoms with E-state index in [-0.39, 0.29) is 12.5 Å². The van der Waals surface area contributed by atoms with E-state index in [0.717, 1.165) is 12.0 Å². The van der Waals surface area contributed by atoms with E-state index in [1.165, 1.54) is 0 Å². The van der Waals surface area contributed by atoms with Gasteiger partial charge in [-0.3, -0.25) is 4.79 Å². The van der Waals surface area contributed by atoms with Crippen LogP contribution in [0.4, 0.5) is 5.69 Å². The molecule has 90 valence electrons. The Morgan fingerprint density at radius 1 is 1.47 bits per heavy atom. The van der Waals surface area contributed by atoms with Crippen molar-refractivity contribution in [1.82, 2.24) is 0 Å². The molecule has 4 heteroatoms. The number of rotatable bonds is 5. The average Bonchev–Trinajstić information content (AvgIpc) is 2.36. The maximum Gasteiger partial charge on any atom is 0.325 e. The number of nitrogens with zero attached hydrogens (tertiary/aromatic N) is 1. The van der Waals surface area contributed by atoms with Crippen LogP contribution in [0.3, 0.4) is 0 Å². The number of carbonyl (C=O) groups excluding carboxylic acids is 1. The predicted molar refractivity (Wildman–Crippen MR) is 65.7 cm³/mol. The molecule has 1 rings (SSSR count). The molecule has 0 spiro atoms. The third-order valence-corrected chi connectivity index (χ3v) is 2.34. The molecule has 0 saturated heterocycles. The van der Waals surface area contributed by atoms with Gasteiger partial charge in [-0.25, -0.2) is 0 Å². The minimum absolute atomic E-state index is 0.0774. The molecule has 0 heterocycles. The van der Waals surface area contributed by atoms with E-state index in [1.807, 2.05) is 25.1 Å². The summed E-state index contributed by atoms with van der Waals surface area (Å²) >= 11 is 0. The molecule has 1 N–H and O–H groups in total. The number of ether oxygens (including phenoxy) is 1. The molecular formula is C13H16N2O2. The van der Waals surface area contributed by atoms with Crippen LogP contribution in [0.25, 0.3) is 0 Å². The van der Waals surface area contributed by atoms with Crippen LogP contribution in [0.15, 0.2) is 18.2 Å². The molecule has 0 atom stereocenters. The van der Waals surface area contributed by atoms with Gasteiger partial charge in [-0.05, 0) is 31.0 Å². The third-order valence-electron chi connectivity index (χ3n) is 2.34. The normalized spacial score (nSPS) is 9.47. The summed E-state index contributed by atoms with van der Waals surface area (Å²) in [5.41, 5.74) is 2.31. The first-order chi connectivity index (χ1) is 8.21. The number of hydrogen-bond acceptors (Lipinski definition) is 4. The minimum Gasteiger partial charge on any atom is -0.465 e. The summed E-state index contributed by atoms with van der Waals surface area (Å²) in [4.78, 5) is 11.2. The number of benzene rings is 1. The zero-order valence-electron chi connectivity index (χ0n) is 10.1. The molecule has 0 unspecified atom stereocenters. The van der Waals surface area contributed by atoms with Crippen molar-refractivity contribution in [3.63, 3.8) is 0 Å². The fraction of sp³-hybridized carbons (Fsp3) is 0.385. The van der Waals surface area contributed by atoms with Gasteiger partial charge in [0, 0.05) is 0 Å². The lowest BCUT2D eigenvalue weighted by atomic mass is 10.1. The summed E-state index contributed by atoms with van der Waals surface area (Å²) in [5.74, 6) is -0.323. The molecule has 17 heavy (non-hydrogen) atoms. The third kappa shape index (κ3) is 3.80. The van der Waals surface area contributed by atoms with Crippen molar-refractivity contribution < 1.29 is 9.53 Å². The van der Waals surface area contributed by atoms with E-state index >= 15 is 0 Å². The van der Waals surface area contributed by atoms with Crippen LogP contribution >= 0.6 is 0 Å². The first-order valence-corrected chi connectivity index (χ1v) is 5.63. The Balaban J connectivity index is 2.71. The molecule has 0 aromatic heterocycles. The van der Waals surface area contributed by atoms with Gasteiger partial charge in [0.2, 0.25) is 0 Å². The molecule has 0 aliphatic carbocycles. The minimum atomic E-state index is -0.323. The van der Waals surface area contributed by atoms with Crippen LogP contribution in [0.2, 0.25) is 0 Å². The zero-order valence-corrected chi connectivity index (χ0v) is 10.1. The van der Waals surface area contributed by atoms with E-state index in [1.54, 1.807) is 6.92 Å². The summed E-state index contributed by atoms with van der Waals surface area (Å²) in [6, 6.07) is 7.69. The smallest absolute Gasteiger partial charge is 0.325 e. The molecule has 0 radical (unpaired) electrons. The van der Waals surface area contributed by atoms with Crippen molar-refractivity contribution in [2.45, 2.75) is 20.3 Å². The van der Waals surface area contributed by atoms with Gasteiger partial charge in [0.25, 0.3) is 0 Å². The molecule has 0 saturated carbocycles. The van der Waals surface area contributed by atoms with Crippen LogP contribution < -0.4 is 5.32 Å². The van der Waals surface area contributed by atoms with E-state index in [0.29, 0.717) is 17.9 Å². The number of esters is 1. The second-order valence-electron chi connectivity index (χ2n) is 3.50. The Labute approximate surface area is 101 Å². The summed E-state index contributed by atoms with van der Waals surface area (Å²) in [7, 11) is 0. The largest absolute Gasteiger partial charge is 0.465 e. The van der Waals surface area contributed by atoms with Gasteiger partial charge in [0.1, 0.15) is 12.6 Å². The van der Waals surface area contributed by atoms with Gasteiger partial charge >= 0.3 is 5.97 Å². The Bertz CT molecular complexity index is 436. The van der Waals surface area contributed by atoms with Crippen LogP contribution in [0.1, 0.15) is 25.0 Å². The van der Waals surface area contributed by atoms with Crippen LogP contribution in [0, 0.1) is 11.3 Å². The first kappa shape index (κ1) is 13.0. The fourth-order valence-electron chi connectivity index (χ4n) is 1.44. The van der Waals surface area contributed by atoms with Gasteiger partial charge < -0.3 is 10.1 Å². The zero-order chi connectivity index (χ0) is 12.7. The van der Waals surface area contributed by atoms with Crippen molar-refractivity contribution in [1.29, 1.82) is 5.26 Å². The summed E-state index contributed by atoms with van der Waals surface area (Å²) in [6.07, 6.45) is 0.882. The molecule has 0 amide bonds. The highest BCUT2D eigenvalue weighted by Crippen LogP contribution is 2.16. The molecular weight excluding hydrogens is 216 g/mol. The van der Waals surface area contributed by atoms with Gasteiger partial charge in [0.05, 0.1) is 17.9 Å². The Kier molecular flexibility index (Phi) is 5.02. The standard InChI is InChI=1S/C13H16N2O2/c1-3-10-5-6-12(11(7-10)8-14)15-9-13(16)17-4-2/h5-7,15H,3-4,9H2,1-2H3. The van der Waals surface area contributed by atoms with Gasteiger partial charge in [-0.2, -0.15) is 5.26 Å². The van der Waals surface area contributed by atoms with Gasteiger partial charge in [0.15, 0.2) is 0 Å². The number of nitrogens with one attached hydrogen (secondary N) is 1. The van der Waals surface area contributed by atoms with Crippen molar-refractivity contribution in [3.05, 3.63) is 29.3 Å². The topological polar surface area (TPSA) is 62.1 Å². The summed E-state index contributed by atoms with van der Waals surface area (Å²) < 4.78 is 4.80. The highest BCUT2D eigenvalue weighted by molar-refractivity contribution is 5.76. The molecule has 0 bridgehead atoms. The number of hydrogen-bond donors (Lipinski definition) is 1. The Hall–Kier alpha value is -2.02. The molecule has 0 aliphatic rings. The maximum absolute atomic E-state index is 11.2. The Morgan fingerprint density at radius 3 is 2.82 bits per heavy atom. The highest BCUT2D eigenvalue weighted by Gasteiger charge is 2.05. The lowest BCUT2D eigenvalue weighted by Gasteiger charge is -2.08. The van der Waals surface area contributed by atoms with Crippen molar-refractivity contribution in [2.75, 3.05) is 18.5 Å². The monoisotopic (exact) mass is 232 g/mol. The Morgan fingerprint density at radius 2 is 2.24 bits per heavy atom. The quantitative estimate of drug-likeness (QED) is 0.790. The molecule has 0 fully saturated rings. The molecule has 1 aromatic rings. The molecule has 1 aromatic carbocycles. The highest BCUT2D eigenvalue weighted by atomic mass is 16.5. The maximum atomic E-state index is 11.2. The van der Waals surface area contributed by atoms with E-state index < -0.39 is 0 Å². The lowest BCUT2D eigenvalue weighted by Crippen LogP contribution is -2.17. The van der Waals surface area contributed by atoms with Gasteiger partial charge in [-0.1, -0.05) is 13.0 Å². The van der Waals surface area contributed by atoms with Crippen molar-refractivity contribution in [3.8, 4) is 6.07 Å². The summed E-state index contributed by atoms with van der Waals surface area (Å²) in [6.45, 7) is 4.23. The number of anilines is 1. The lowest BCUT2D eigenvalue weighted by molar-refractivity contribution is -0.140. The second kappa shape index (κ2) is 6.54. The van der Waals surface area contributed by atoms with E-state index in [2.05, 4.69) is 11.4 Å². The first-order valence-electron chi connectivity index (χ1n) is 5.63. The number of nitriles is 1. The molecule has 4 nitrogen and oxygen atoms in total. The average molecular weight is 232 g/mol. The second-order valence-corrected chi connectivity index (χ2v) is 3.50. The van der Waals surface area contributed by atoms with Crippen LogP contribution in [-0.2, 0) is 16.0 Å². The van der Waals surface area contributed by atoms with Gasteiger partial charge in [-0.15, -0.1) is 0 Å². The summed E-state index contributed by atoms with van der Waals surface area (Å²) in [5, 5.41) is 11.9. The fourth-order valence-corrected chi connectivity index (χ4v) is 1.44. The van der Waals surface area contributed by atoms with E-state index in [9.17, 15) is 4.79 Å². The SMILES string of the molecule is CCOC(=O)CNc1ccc(CC)cc1C#N. The number of aryl methyl sites for hydroxylation is 1. The predicted octanol–water partition coefficient (Wildman–Crippen LogP) is 2.10. The van der Waals surface area contributed by atoms with Crippen LogP contribution in [-0.4, -0.2) is 19.1 Å². The number of carbonyl (C=O) groups is 1. The van der Waals surface area contributed by atoms with Crippen molar-refractivity contribution in [2.24, 2.45) is 0 Å².